The van der Waals surface area contributed by atoms with Gasteiger partial charge in [-0.3, -0.25) is 0 Å². The summed E-state index contributed by atoms with van der Waals surface area (Å²) in [5, 5.41) is 0. The molecular formula is C2H4BrI. The quantitative estimate of drug-likeness (QED) is 0.479. The molecule has 0 spiro atoms. The van der Waals surface area contributed by atoms with E-state index in [0.717, 1.165) is 3.34 Å². The smallest absolute Gasteiger partial charge is 0.0499 e. The largest absolute Gasteiger partial charge is 0.119 e. The van der Waals surface area contributed by atoms with Crippen LogP contribution in [0.4, 0.5) is 0 Å². The maximum absolute atomic E-state index is 3.67. The van der Waals surface area contributed by atoms with Crippen LogP contribution in [-0.4, -0.2) is 7.85 Å². The van der Waals surface area contributed by atoms with E-state index in [-0.39, 0.29) is 20.7 Å². The Morgan fingerprint density at radius 1 is 2.00 bits per heavy atom. The lowest BCUT2D eigenvalue weighted by atomic mass is 12.0. The van der Waals surface area contributed by atoms with Crippen LogP contribution in [0.25, 0.3) is 0 Å². The summed E-state index contributed by atoms with van der Waals surface area (Å²) in [6.45, 7) is 0. The van der Waals surface area contributed by atoms with Gasteiger partial charge < -0.3 is 0 Å². The zero-order valence-corrected chi connectivity index (χ0v) is 5.91. The zero-order chi connectivity index (χ0) is 3.41. The first-order valence-electron chi connectivity index (χ1n) is 0.802. The van der Waals surface area contributed by atoms with Crippen LogP contribution in [0.15, 0.2) is 0 Å². The fourth-order valence-corrected chi connectivity index (χ4v) is 0. The van der Waals surface area contributed by atoms with Crippen molar-refractivity contribution < 1.29 is 0 Å². The summed E-state index contributed by atoms with van der Waals surface area (Å²) < 4.78 is 4.80. The fraction of sp³-hybridized carbons (Fsp3) is 0.500. The third-order valence-corrected chi connectivity index (χ3v) is 2.49. The highest BCUT2D eigenvalue weighted by molar-refractivity contribution is 14.2. The standard InChI is InChI=1S/C2H4BrI/c1-4-2-3/h1-2H2. The lowest BCUT2D eigenvalue weighted by Gasteiger charge is -1.55. The lowest BCUT2D eigenvalue weighted by Crippen LogP contribution is -1.28. The third-order valence-electron chi connectivity index (χ3n) is 0.0714. The van der Waals surface area contributed by atoms with Crippen LogP contribution in [0.1, 0.15) is 0 Å². The van der Waals surface area contributed by atoms with Crippen molar-refractivity contribution >= 4 is 41.2 Å². The summed E-state index contributed by atoms with van der Waals surface area (Å²) in [4.78, 5) is 0. The maximum Gasteiger partial charge on any atom is 0.0499 e. The third kappa shape index (κ3) is 3.08. The molecule has 26 valence electrons. The van der Waals surface area contributed by atoms with Crippen LogP contribution in [-0.2, 0) is 0 Å². The molecule has 0 radical (unpaired) electrons. The second-order valence-corrected chi connectivity index (χ2v) is 4.79. The van der Waals surface area contributed by atoms with Crippen LogP contribution in [0.2, 0.25) is 0 Å². The van der Waals surface area contributed by atoms with E-state index >= 15 is 0 Å². The molecule has 4 heavy (non-hydrogen) atoms. The van der Waals surface area contributed by atoms with E-state index < -0.39 is 0 Å². The molecule has 0 aromatic carbocycles. The van der Waals surface area contributed by atoms with Crippen LogP contribution in [0, 0.1) is 0 Å². The molecule has 0 fully saturated rings. The molecule has 0 N–H and O–H groups in total. The van der Waals surface area contributed by atoms with Gasteiger partial charge in [-0.2, -0.15) is 0 Å². The molecule has 0 aliphatic carbocycles. The highest BCUT2D eigenvalue weighted by Crippen LogP contribution is 1.93. The Morgan fingerprint density at radius 2 is 2.25 bits per heavy atom. The van der Waals surface area contributed by atoms with E-state index in [9.17, 15) is 0 Å². The van der Waals surface area contributed by atoms with Gasteiger partial charge in [-0.05, 0) is 0 Å². The zero-order valence-electron chi connectivity index (χ0n) is 2.17. The first-order valence-corrected chi connectivity index (χ1v) is 4.97. The Kier molecular flexibility index (Phi) is 5.18. The molecule has 0 amide bonds. The number of alkyl halides is 2. The Hall–Kier alpha value is 1.08. The Labute approximate surface area is 44.5 Å². The SMILES string of the molecule is C=ICBr. The Balaban J connectivity index is 2.30. The molecule has 0 saturated carbocycles. The van der Waals surface area contributed by atoms with Crippen LogP contribution < -0.4 is 0 Å². The average molecular weight is 235 g/mol. The highest BCUT2D eigenvalue weighted by atomic mass is 127. The summed E-state index contributed by atoms with van der Waals surface area (Å²) >= 11 is 3.51. The second-order valence-electron chi connectivity index (χ2n) is 0.290. The predicted octanol–water partition coefficient (Wildman–Crippen LogP) is 1.74. The van der Waals surface area contributed by atoms with E-state index in [1.807, 2.05) is 0 Å². The molecule has 0 atom stereocenters. The van der Waals surface area contributed by atoms with Crippen LogP contribution in [0.5, 0.6) is 0 Å². The fourth-order valence-electron chi connectivity index (χ4n) is 0. The van der Waals surface area contributed by atoms with Crippen molar-refractivity contribution in [3.05, 3.63) is 0 Å². The van der Waals surface area contributed by atoms with Gasteiger partial charge in [0.2, 0.25) is 0 Å². The topological polar surface area (TPSA) is 0 Å². The molecule has 0 aliphatic rings. The van der Waals surface area contributed by atoms with E-state index in [2.05, 4.69) is 20.4 Å². The molecule has 0 aromatic rings. The van der Waals surface area contributed by atoms with E-state index in [4.69, 9.17) is 0 Å². The summed E-state index contributed by atoms with van der Waals surface area (Å²) in [5.41, 5.74) is 0. The van der Waals surface area contributed by atoms with Gasteiger partial charge in [0.1, 0.15) is 0 Å². The van der Waals surface area contributed by atoms with Crippen molar-refractivity contribution in [3.8, 4) is 0 Å². The first kappa shape index (κ1) is 5.08. The summed E-state index contributed by atoms with van der Waals surface area (Å²) in [6, 6.07) is 0. The summed E-state index contributed by atoms with van der Waals surface area (Å²) in [6.07, 6.45) is 0. The van der Waals surface area contributed by atoms with Crippen LogP contribution in [0.3, 0.4) is 0 Å². The van der Waals surface area contributed by atoms with E-state index in [0.29, 0.717) is 0 Å². The number of hydrogen-bond donors (Lipinski definition) is 0. The minimum Gasteiger partial charge on any atom is -0.119 e. The first-order chi connectivity index (χ1) is 1.91. The molecule has 0 aromatic heterocycles. The Bertz CT molecular complexity index is 20.0. The number of halogens is 2. The average Bonchev–Trinajstić information content (AvgIpc) is 1.37. The maximum atomic E-state index is 3.67. The molecule has 2 heteroatoms. The minimum atomic E-state index is 0.277. The minimum absolute atomic E-state index is 0.277. The summed E-state index contributed by atoms with van der Waals surface area (Å²) in [5.74, 6) is 0. The van der Waals surface area contributed by atoms with E-state index in [1.54, 1.807) is 0 Å². The van der Waals surface area contributed by atoms with Gasteiger partial charge in [-0.15, -0.1) is 20.7 Å². The van der Waals surface area contributed by atoms with Gasteiger partial charge in [0.25, 0.3) is 0 Å². The van der Waals surface area contributed by atoms with Crippen molar-refractivity contribution in [2.45, 2.75) is 0 Å². The molecule has 0 saturated heterocycles. The lowest BCUT2D eigenvalue weighted by molar-refractivity contribution is 2.51. The normalized spacial score (nSPS) is 7.25. The molecule has 0 heterocycles. The molecular weight excluding hydrogens is 231 g/mol. The van der Waals surface area contributed by atoms with Crippen molar-refractivity contribution in [1.29, 1.82) is 0 Å². The molecule has 0 unspecified atom stereocenters. The van der Waals surface area contributed by atoms with E-state index in [1.165, 1.54) is 0 Å². The highest BCUT2D eigenvalue weighted by Gasteiger charge is 1.48. The number of hydrogen-bond acceptors (Lipinski definition) is 0. The van der Waals surface area contributed by atoms with Gasteiger partial charge in [0, 0.05) is 3.34 Å². The van der Waals surface area contributed by atoms with Crippen LogP contribution >= 0.6 is 36.7 Å². The summed E-state index contributed by atoms with van der Waals surface area (Å²) in [7, 11) is 0. The van der Waals surface area contributed by atoms with Crippen molar-refractivity contribution in [3.63, 3.8) is 0 Å². The number of rotatable bonds is 1. The predicted molar refractivity (Wildman–Crippen MR) is 34.9 cm³/mol. The Morgan fingerprint density at radius 3 is 2.25 bits per heavy atom. The van der Waals surface area contributed by atoms with Crippen molar-refractivity contribution in [2.75, 3.05) is 3.34 Å². The van der Waals surface area contributed by atoms with Crippen molar-refractivity contribution in [1.82, 2.24) is 0 Å². The van der Waals surface area contributed by atoms with Crippen molar-refractivity contribution in [2.24, 2.45) is 0 Å². The van der Waals surface area contributed by atoms with Gasteiger partial charge in [0.05, 0.1) is 0 Å². The molecule has 0 aliphatic heterocycles. The molecule has 0 nitrogen and oxygen atoms in total. The monoisotopic (exact) mass is 234 g/mol. The van der Waals surface area contributed by atoms with Gasteiger partial charge in [-0.1, -0.05) is 20.4 Å². The molecule has 0 bridgehead atoms. The second kappa shape index (κ2) is 4.08. The molecule has 0 rings (SSSR count). The van der Waals surface area contributed by atoms with Gasteiger partial charge in [-0.25, -0.2) is 0 Å². The van der Waals surface area contributed by atoms with Gasteiger partial charge in [0.15, 0.2) is 0 Å². The van der Waals surface area contributed by atoms with Gasteiger partial charge >= 0.3 is 0 Å².